The Morgan fingerprint density at radius 3 is 2.83 bits per heavy atom. The van der Waals surface area contributed by atoms with Crippen molar-refractivity contribution in [3.05, 3.63) is 24.0 Å². The molecule has 0 aromatic heterocycles. The number of aliphatic hydroxyl groups excluding tert-OH is 2. The van der Waals surface area contributed by atoms with Crippen molar-refractivity contribution in [2.45, 2.75) is 12.2 Å². The molecular formula is C12H16FNO4. The highest BCUT2D eigenvalue weighted by molar-refractivity contribution is 5.47. The fourth-order valence-corrected chi connectivity index (χ4v) is 1.47. The molecule has 6 heteroatoms. The molecule has 1 aromatic carbocycles. The van der Waals surface area contributed by atoms with E-state index < -0.39 is 11.9 Å². The Bertz CT molecular complexity index is 398. The van der Waals surface area contributed by atoms with Crippen molar-refractivity contribution in [3.8, 4) is 5.75 Å². The summed E-state index contributed by atoms with van der Waals surface area (Å²) in [4.78, 5) is 0. The standard InChI is InChI=1S/C12H16FNO4/c13-11-3-8(14-4-9(16)5-15)1-2-12(11)18-10-6-17-7-10/h1-3,9-10,14-16H,4-7H2. The fraction of sp³-hybridized carbons (Fsp3) is 0.500. The van der Waals surface area contributed by atoms with E-state index in [0.717, 1.165) is 0 Å². The van der Waals surface area contributed by atoms with Crippen molar-refractivity contribution in [2.24, 2.45) is 0 Å². The van der Waals surface area contributed by atoms with Crippen LogP contribution in [0.3, 0.4) is 0 Å². The van der Waals surface area contributed by atoms with Gasteiger partial charge in [-0.2, -0.15) is 0 Å². The molecule has 1 fully saturated rings. The van der Waals surface area contributed by atoms with Crippen molar-refractivity contribution in [3.63, 3.8) is 0 Å². The summed E-state index contributed by atoms with van der Waals surface area (Å²) in [6.45, 7) is 0.801. The van der Waals surface area contributed by atoms with Crippen LogP contribution in [0.1, 0.15) is 0 Å². The predicted octanol–water partition coefficient (Wildman–Crippen LogP) is 0.368. The van der Waals surface area contributed by atoms with Gasteiger partial charge in [0.25, 0.3) is 0 Å². The fourth-order valence-electron chi connectivity index (χ4n) is 1.47. The lowest BCUT2D eigenvalue weighted by Crippen LogP contribution is -2.38. The number of anilines is 1. The average Bonchev–Trinajstić information content (AvgIpc) is 2.32. The highest BCUT2D eigenvalue weighted by Crippen LogP contribution is 2.23. The van der Waals surface area contributed by atoms with Gasteiger partial charge in [0.05, 0.1) is 25.9 Å². The number of benzene rings is 1. The Kier molecular flexibility index (Phi) is 4.35. The van der Waals surface area contributed by atoms with Gasteiger partial charge in [-0.1, -0.05) is 0 Å². The van der Waals surface area contributed by atoms with E-state index >= 15 is 0 Å². The molecule has 1 saturated heterocycles. The minimum absolute atomic E-state index is 0.0745. The zero-order chi connectivity index (χ0) is 13.0. The van der Waals surface area contributed by atoms with Crippen molar-refractivity contribution < 1.29 is 24.1 Å². The molecule has 0 saturated carbocycles. The average molecular weight is 257 g/mol. The van der Waals surface area contributed by atoms with E-state index in [4.69, 9.17) is 19.7 Å². The van der Waals surface area contributed by atoms with Crippen molar-refractivity contribution in [1.29, 1.82) is 0 Å². The van der Waals surface area contributed by atoms with Gasteiger partial charge in [0.15, 0.2) is 11.6 Å². The number of aliphatic hydroxyl groups is 2. The van der Waals surface area contributed by atoms with Gasteiger partial charge in [-0.05, 0) is 12.1 Å². The molecule has 0 bridgehead atoms. The van der Waals surface area contributed by atoms with E-state index in [-0.39, 0.29) is 25.0 Å². The van der Waals surface area contributed by atoms with Crippen LogP contribution in [0.5, 0.6) is 5.75 Å². The van der Waals surface area contributed by atoms with Crippen molar-refractivity contribution in [2.75, 3.05) is 31.7 Å². The topological polar surface area (TPSA) is 71.0 Å². The maximum atomic E-state index is 13.7. The van der Waals surface area contributed by atoms with E-state index in [1.54, 1.807) is 6.07 Å². The first-order valence-corrected chi connectivity index (χ1v) is 5.76. The summed E-state index contributed by atoms with van der Waals surface area (Å²) in [6, 6.07) is 4.47. The molecule has 1 aromatic rings. The van der Waals surface area contributed by atoms with E-state index in [0.29, 0.717) is 18.9 Å². The molecule has 5 nitrogen and oxygen atoms in total. The first-order chi connectivity index (χ1) is 8.69. The van der Waals surface area contributed by atoms with E-state index in [9.17, 15) is 4.39 Å². The second-order valence-corrected chi connectivity index (χ2v) is 4.14. The summed E-state index contributed by atoms with van der Waals surface area (Å²) in [6.07, 6.45) is -0.939. The highest BCUT2D eigenvalue weighted by atomic mass is 19.1. The number of nitrogens with one attached hydrogen (secondary N) is 1. The van der Waals surface area contributed by atoms with Gasteiger partial charge in [-0.15, -0.1) is 0 Å². The zero-order valence-corrected chi connectivity index (χ0v) is 9.80. The molecule has 2 rings (SSSR count). The molecule has 0 spiro atoms. The Morgan fingerprint density at radius 1 is 1.50 bits per heavy atom. The first kappa shape index (κ1) is 13.1. The predicted molar refractivity (Wildman–Crippen MR) is 63.2 cm³/mol. The minimum Gasteiger partial charge on any atom is -0.483 e. The molecule has 18 heavy (non-hydrogen) atoms. The molecule has 0 aliphatic carbocycles. The molecule has 1 heterocycles. The van der Waals surface area contributed by atoms with Crippen LogP contribution in [0.25, 0.3) is 0 Å². The third-order valence-corrected chi connectivity index (χ3v) is 2.59. The lowest BCUT2D eigenvalue weighted by molar-refractivity contribution is -0.0808. The number of hydrogen-bond acceptors (Lipinski definition) is 5. The van der Waals surface area contributed by atoms with Gasteiger partial charge in [0, 0.05) is 18.3 Å². The summed E-state index contributed by atoms with van der Waals surface area (Å²) in [5, 5.41) is 20.6. The van der Waals surface area contributed by atoms with Crippen LogP contribution in [0.4, 0.5) is 10.1 Å². The molecular weight excluding hydrogens is 241 g/mol. The van der Waals surface area contributed by atoms with Crippen LogP contribution in [0.15, 0.2) is 18.2 Å². The van der Waals surface area contributed by atoms with Gasteiger partial charge < -0.3 is 25.0 Å². The highest BCUT2D eigenvalue weighted by Gasteiger charge is 2.21. The number of rotatable bonds is 6. The maximum absolute atomic E-state index is 13.7. The van der Waals surface area contributed by atoms with E-state index in [1.165, 1.54) is 12.1 Å². The van der Waals surface area contributed by atoms with Crippen LogP contribution >= 0.6 is 0 Å². The minimum atomic E-state index is -0.865. The maximum Gasteiger partial charge on any atom is 0.167 e. The quantitative estimate of drug-likeness (QED) is 0.687. The summed E-state index contributed by atoms with van der Waals surface area (Å²) >= 11 is 0. The third-order valence-electron chi connectivity index (χ3n) is 2.59. The largest absolute Gasteiger partial charge is 0.483 e. The van der Waals surface area contributed by atoms with Gasteiger partial charge in [0.1, 0.15) is 6.10 Å². The molecule has 1 aliphatic heterocycles. The Morgan fingerprint density at radius 2 is 2.28 bits per heavy atom. The normalized spacial score (nSPS) is 17.1. The molecule has 1 unspecified atom stereocenters. The summed E-state index contributed by atoms with van der Waals surface area (Å²) in [7, 11) is 0. The zero-order valence-electron chi connectivity index (χ0n) is 9.80. The SMILES string of the molecule is OCC(O)CNc1ccc(OC2COC2)c(F)c1. The van der Waals surface area contributed by atoms with Gasteiger partial charge >= 0.3 is 0 Å². The summed E-state index contributed by atoms with van der Waals surface area (Å²) in [5.74, 6) is -0.276. The number of halogens is 1. The molecule has 100 valence electrons. The van der Waals surface area contributed by atoms with Gasteiger partial charge in [0.2, 0.25) is 0 Å². The van der Waals surface area contributed by atoms with Crippen LogP contribution in [0.2, 0.25) is 0 Å². The lowest BCUT2D eigenvalue weighted by Gasteiger charge is -2.26. The molecule has 3 N–H and O–H groups in total. The summed E-state index contributed by atoms with van der Waals surface area (Å²) in [5.41, 5.74) is 0.525. The van der Waals surface area contributed by atoms with E-state index in [2.05, 4.69) is 5.32 Å². The van der Waals surface area contributed by atoms with Crippen molar-refractivity contribution in [1.82, 2.24) is 0 Å². The second-order valence-electron chi connectivity index (χ2n) is 4.14. The molecule has 1 atom stereocenters. The van der Waals surface area contributed by atoms with E-state index in [1.807, 2.05) is 0 Å². The van der Waals surface area contributed by atoms with Gasteiger partial charge in [-0.3, -0.25) is 0 Å². The Labute approximate surface area is 104 Å². The number of ether oxygens (including phenoxy) is 2. The van der Waals surface area contributed by atoms with Crippen LogP contribution in [0, 0.1) is 5.82 Å². The van der Waals surface area contributed by atoms with Crippen LogP contribution in [-0.2, 0) is 4.74 Å². The smallest absolute Gasteiger partial charge is 0.167 e. The van der Waals surface area contributed by atoms with Crippen molar-refractivity contribution >= 4 is 5.69 Å². The monoisotopic (exact) mass is 257 g/mol. The molecule has 0 radical (unpaired) electrons. The Balaban J connectivity index is 1.91. The van der Waals surface area contributed by atoms with Crippen LogP contribution < -0.4 is 10.1 Å². The molecule has 1 aliphatic rings. The van der Waals surface area contributed by atoms with Gasteiger partial charge in [-0.25, -0.2) is 4.39 Å². The third kappa shape index (κ3) is 3.32. The second kappa shape index (κ2) is 5.99. The summed E-state index contributed by atoms with van der Waals surface area (Å²) < 4.78 is 24.0. The molecule has 0 amide bonds. The first-order valence-electron chi connectivity index (χ1n) is 5.76. The lowest BCUT2D eigenvalue weighted by atomic mass is 10.2. The number of hydrogen-bond donors (Lipinski definition) is 3. The van der Waals surface area contributed by atoms with Crippen LogP contribution in [-0.4, -0.2) is 48.8 Å². The Hall–Kier alpha value is -1.37.